The van der Waals surface area contributed by atoms with Crippen LogP contribution in [0.1, 0.15) is 19.8 Å². The fraction of sp³-hybridized carbons (Fsp3) is 0.222. The predicted octanol–water partition coefficient (Wildman–Crippen LogP) is 6.74. The summed E-state index contributed by atoms with van der Waals surface area (Å²) in [5, 5.41) is 8.02. The first-order valence-corrected chi connectivity index (χ1v) is 12.9. The number of anilines is 4. The van der Waals surface area contributed by atoms with Gasteiger partial charge in [-0.15, -0.1) is 0 Å². The maximum absolute atomic E-state index is 14.5. The van der Waals surface area contributed by atoms with Crippen LogP contribution in [0.25, 0.3) is 10.9 Å². The van der Waals surface area contributed by atoms with Crippen molar-refractivity contribution >= 4 is 63.2 Å². The highest BCUT2D eigenvalue weighted by atomic mass is 35.5. The molecule has 38 heavy (non-hydrogen) atoms. The number of hydrogen-bond acceptors (Lipinski definition) is 7. The van der Waals surface area contributed by atoms with Crippen molar-refractivity contribution < 1.29 is 13.9 Å². The number of carbonyl (C=O) groups excluding carboxylic acids is 1. The average Bonchev–Trinajstić information content (AvgIpc) is 3.51. The number of esters is 1. The van der Waals surface area contributed by atoms with E-state index in [9.17, 15) is 9.18 Å². The summed E-state index contributed by atoms with van der Waals surface area (Å²) >= 11 is 12.1. The first-order valence-electron chi connectivity index (χ1n) is 12.1. The van der Waals surface area contributed by atoms with E-state index in [1.807, 2.05) is 42.7 Å². The highest BCUT2D eigenvalue weighted by Crippen LogP contribution is 2.34. The minimum absolute atomic E-state index is 0.00830. The molecule has 1 aliphatic rings. The van der Waals surface area contributed by atoms with Gasteiger partial charge in [0.2, 0.25) is 5.95 Å². The number of ether oxygens (including phenoxy) is 1. The number of benzene rings is 2. The zero-order chi connectivity index (χ0) is 26.6. The van der Waals surface area contributed by atoms with E-state index in [2.05, 4.69) is 30.1 Å². The third-order valence-electron chi connectivity index (χ3n) is 6.09. The maximum atomic E-state index is 14.5. The van der Waals surface area contributed by atoms with Crippen LogP contribution in [0.2, 0.25) is 10.0 Å². The number of para-hydroxylation sites is 1. The molecule has 0 saturated heterocycles. The molecule has 0 spiro atoms. The third kappa shape index (κ3) is 5.54. The summed E-state index contributed by atoms with van der Waals surface area (Å²) in [6.07, 6.45) is 7.93. The SMILES string of the molecule is CCOC(=O)CCn1cc(N2C=CCC2Nc2ncc(F)c(Nc3ccc(Cl)c(Cl)c3)n2)c2ccccc21. The molecule has 2 N–H and O–H groups in total. The molecule has 4 aromatic rings. The number of halogens is 3. The number of fused-ring (bicyclic) bond motifs is 1. The van der Waals surface area contributed by atoms with Gasteiger partial charge in [-0.25, -0.2) is 9.37 Å². The number of aryl methyl sites for hydroxylation is 1. The van der Waals surface area contributed by atoms with E-state index in [1.165, 1.54) is 0 Å². The molecule has 196 valence electrons. The molecule has 8 nitrogen and oxygen atoms in total. The van der Waals surface area contributed by atoms with Crippen LogP contribution in [0.15, 0.2) is 67.1 Å². The number of nitrogens with zero attached hydrogens (tertiary/aromatic N) is 4. The lowest BCUT2D eigenvalue weighted by Crippen LogP contribution is -2.34. The topological polar surface area (TPSA) is 84.3 Å². The highest BCUT2D eigenvalue weighted by molar-refractivity contribution is 6.42. The van der Waals surface area contributed by atoms with E-state index in [1.54, 1.807) is 25.1 Å². The Balaban J connectivity index is 1.37. The van der Waals surface area contributed by atoms with Gasteiger partial charge in [0.05, 0.1) is 40.5 Å². The summed E-state index contributed by atoms with van der Waals surface area (Å²) < 4.78 is 21.7. The van der Waals surface area contributed by atoms with Crippen molar-refractivity contribution in [3.05, 3.63) is 83.0 Å². The van der Waals surface area contributed by atoms with Gasteiger partial charge in [-0.05, 0) is 31.2 Å². The predicted molar refractivity (Wildman–Crippen MR) is 149 cm³/mol. The molecule has 2 aromatic carbocycles. The lowest BCUT2D eigenvalue weighted by Gasteiger charge is -2.26. The van der Waals surface area contributed by atoms with Crippen molar-refractivity contribution in [2.45, 2.75) is 32.5 Å². The van der Waals surface area contributed by atoms with Gasteiger partial charge in [-0.1, -0.05) is 47.5 Å². The molecular weight excluding hydrogens is 530 g/mol. The Morgan fingerprint density at radius 2 is 2.05 bits per heavy atom. The van der Waals surface area contributed by atoms with Crippen molar-refractivity contribution in [1.82, 2.24) is 14.5 Å². The fourth-order valence-electron chi connectivity index (χ4n) is 4.34. The van der Waals surface area contributed by atoms with Crippen LogP contribution >= 0.6 is 23.2 Å². The van der Waals surface area contributed by atoms with Crippen LogP contribution in [-0.2, 0) is 16.1 Å². The van der Waals surface area contributed by atoms with Crippen molar-refractivity contribution in [3.63, 3.8) is 0 Å². The Morgan fingerprint density at radius 3 is 2.87 bits per heavy atom. The van der Waals surface area contributed by atoms with Gasteiger partial charge in [-0.3, -0.25) is 4.79 Å². The monoisotopic (exact) mass is 554 g/mol. The highest BCUT2D eigenvalue weighted by Gasteiger charge is 2.25. The molecule has 1 atom stereocenters. The minimum atomic E-state index is -0.604. The second-order valence-corrected chi connectivity index (χ2v) is 9.43. The van der Waals surface area contributed by atoms with E-state index in [0.717, 1.165) is 22.8 Å². The number of aromatic nitrogens is 3. The molecule has 3 heterocycles. The largest absolute Gasteiger partial charge is 0.466 e. The van der Waals surface area contributed by atoms with E-state index in [-0.39, 0.29) is 30.3 Å². The van der Waals surface area contributed by atoms with Crippen LogP contribution in [-0.4, -0.2) is 33.3 Å². The van der Waals surface area contributed by atoms with Crippen molar-refractivity contribution in [3.8, 4) is 0 Å². The lowest BCUT2D eigenvalue weighted by molar-refractivity contribution is -0.143. The first-order chi connectivity index (χ1) is 18.4. The van der Waals surface area contributed by atoms with Gasteiger partial charge < -0.3 is 24.8 Å². The third-order valence-corrected chi connectivity index (χ3v) is 6.83. The number of carbonyl (C=O) groups is 1. The summed E-state index contributed by atoms with van der Waals surface area (Å²) in [5.74, 6) is -0.563. The van der Waals surface area contributed by atoms with E-state index < -0.39 is 5.82 Å². The standard InChI is InChI=1S/C27H25Cl2FN6O2/c1-2-38-25(37)11-13-35-16-23(18-6-3-4-7-22(18)35)36-12-5-8-24(36)33-27-31-15-21(30)26(34-27)32-17-9-10-19(28)20(29)14-17/h3-7,9-10,12,14-16,24H,2,8,11,13H2,1H3,(H2,31,32,33,34). The Labute approximate surface area is 229 Å². The summed E-state index contributed by atoms with van der Waals surface area (Å²) in [4.78, 5) is 22.5. The Kier molecular flexibility index (Phi) is 7.67. The molecule has 0 aliphatic carbocycles. The van der Waals surface area contributed by atoms with Gasteiger partial charge >= 0.3 is 5.97 Å². The zero-order valence-corrected chi connectivity index (χ0v) is 22.0. The molecule has 2 aromatic heterocycles. The molecule has 0 saturated carbocycles. The molecule has 0 amide bonds. The molecule has 0 bridgehead atoms. The van der Waals surface area contributed by atoms with Gasteiger partial charge in [-0.2, -0.15) is 4.98 Å². The molecule has 0 fully saturated rings. The fourth-order valence-corrected chi connectivity index (χ4v) is 4.64. The summed E-state index contributed by atoms with van der Waals surface area (Å²) in [6, 6.07) is 12.9. The van der Waals surface area contributed by atoms with Crippen LogP contribution in [0.5, 0.6) is 0 Å². The smallest absolute Gasteiger partial charge is 0.307 e. The Hall–Kier alpha value is -3.82. The molecule has 5 rings (SSSR count). The second-order valence-electron chi connectivity index (χ2n) is 8.61. The van der Waals surface area contributed by atoms with Gasteiger partial charge in [0, 0.05) is 36.4 Å². The quantitative estimate of drug-likeness (QED) is 0.222. The number of rotatable bonds is 9. The zero-order valence-electron chi connectivity index (χ0n) is 20.5. The maximum Gasteiger partial charge on any atom is 0.307 e. The Morgan fingerprint density at radius 1 is 1.21 bits per heavy atom. The van der Waals surface area contributed by atoms with Crippen LogP contribution < -0.4 is 15.5 Å². The van der Waals surface area contributed by atoms with Crippen molar-refractivity contribution in [2.24, 2.45) is 0 Å². The summed E-state index contributed by atoms with van der Waals surface area (Å²) in [7, 11) is 0. The van der Waals surface area contributed by atoms with Crippen LogP contribution in [0.4, 0.5) is 27.5 Å². The van der Waals surface area contributed by atoms with Crippen LogP contribution in [0, 0.1) is 5.82 Å². The first kappa shape index (κ1) is 25.8. The normalized spacial score (nSPS) is 14.7. The van der Waals surface area contributed by atoms with Gasteiger partial charge in [0.1, 0.15) is 6.17 Å². The molecule has 1 unspecified atom stereocenters. The molecule has 1 aliphatic heterocycles. The van der Waals surface area contributed by atoms with Gasteiger partial charge in [0.25, 0.3) is 0 Å². The van der Waals surface area contributed by atoms with Crippen molar-refractivity contribution in [2.75, 3.05) is 22.1 Å². The van der Waals surface area contributed by atoms with E-state index in [0.29, 0.717) is 35.3 Å². The average molecular weight is 555 g/mol. The molecule has 0 radical (unpaired) electrons. The van der Waals surface area contributed by atoms with Crippen molar-refractivity contribution in [1.29, 1.82) is 0 Å². The van der Waals surface area contributed by atoms with Gasteiger partial charge in [0.15, 0.2) is 11.6 Å². The summed E-state index contributed by atoms with van der Waals surface area (Å²) in [6.45, 7) is 2.66. The second kappa shape index (κ2) is 11.3. The number of hydrogen-bond donors (Lipinski definition) is 2. The minimum Gasteiger partial charge on any atom is -0.466 e. The van der Waals surface area contributed by atoms with E-state index in [4.69, 9.17) is 27.9 Å². The lowest BCUT2D eigenvalue weighted by atomic mass is 10.2. The van der Waals surface area contributed by atoms with E-state index >= 15 is 0 Å². The molecular formula is C27H25Cl2FN6O2. The van der Waals surface area contributed by atoms with Crippen LogP contribution in [0.3, 0.4) is 0 Å². The summed E-state index contributed by atoms with van der Waals surface area (Å²) in [5.41, 5.74) is 2.52. The number of nitrogens with one attached hydrogen (secondary N) is 2. The molecule has 11 heteroatoms. The Bertz CT molecular complexity index is 1510.